The van der Waals surface area contributed by atoms with Crippen molar-refractivity contribution in [1.82, 2.24) is 0 Å². The lowest BCUT2D eigenvalue weighted by Gasteiger charge is -2.01. The summed E-state index contributed by atoms with van der Waals surface area (Å²) in [4.78, 5) is 22.3. The molecule has 1 amide bonds. The zero-order valence-corrected chi connectivity index (χ0v) is 10.3. The van der Waals surface area contributed by atoms with Crippen molar-refractivity contribution < 1.29 is 14.3 Å². The van der Waals surface area contributed by atoms with Crippen LogP contribution >= 0.6 is 27.3 Å². The van der Waals surface area contributed by atoms with Gasteiger partial charge in [0.25, 0.3) is 0 Å². The van der Waals surface area contributed by atoms with E-state index in [0.29, 0.717) is 11.3 Å². The van der Waals surface area contributed by atoms with Gasteiger partial charge in [0, 0.05) is 6.42 Å². The largest absolute Gasteiger partial charge is 0.461 e. The number of hydrogen-bond donors (Lipinski definition) is 1. The van der Waals surface area contributed by atoms with Gasteiger partial charge in [-0.3, -0.25) is 4.79 Å². The SMILES string of the molecule is NC(=O)CCCOC(=O)c1ccc(Br)s1. The standard InChI is InChI=1S/C9H10BrNO3S/c10-7-4-3-6(15-7)9(13)14-5-1-2-8(11)12/h3-4H,1-2,5H2,(H2,11,12). The summed E-state index contributed by atoms with van der Waals surface area (Å²) >= 11 is 4.56. The molecule has 0 spiro atoms. The fourth-order valence-electron chi connectivity index (χ4n) is 0.906. The second-order valence-corrected chi connectivity index (χ2v) is 5.27. The highest BCUT2D eigenvalue weighted by atomic mass is 79.9. The molecule has 0 aliphatic carbocycles. The Balaban J connectivity index is 2.28. The Morgan fingerprint density at radius 2 is 2.20 bits per heavy atom. The summed E-state index contributed by atoms with van der Waals surface area (Å²) in [6.07, 6.45) is 0.703. The predicted molar refractivity (Wildman–Crippen MR) is 60.7 cm³/mol. The van der Waals surface area contributed by atoms with Crippen molar-refractivity contribution in [2.75, 3.05) is 6.61 Å². The first-order chi connectivity index (χ1) is 7.09. The van der Waals surface area contributed by atoms with Crippen LogP contribution in [0.15, 0.2) is 15.9 Å². The highest BCUT2D eigenvalue weighted by Gasteiger charge is 2.09. The van der Waals surface area contributed by atoms with Gasteiger partial charge in [-0.05, 0) is 34.5 Å². The lowest BCUT2D eigenvalue weighted by molar-refractivity contribution is -0.118. The topological polar surface area (TPSA) is 69.4 Å². The van der Waals surface area contributed by atoms with Gasteiger partial charge in [0.1, 0.15) is 4.88 Å². The number of esters is 1. The molecule has 1 aromatic heterocycles. The van der Waals surface area contributed by atoms with Gasteiger partial charge in [-0.2, -0.15) is 0 Å². The van der Waals surface area contributed by atoms with E-state index in [4.69, 9.17) is 10.5 Å². The van der Waals surface area contributed by atoms with E-state index in [1.807, 2.05) is 0 Å². The molecule has 0 aromatic carbocycles. The Morgan fingerprint density at radius 1 is 1.47 bits per heavy atom. The third-order valence-corrected chi connectivity index (χ3v) is 3.18. The maximum Gasteiger partial charge on any atom is 0.348 e. The van der Waals surface area contributed by atoms with E-state index in [1.165, 1.54) is 11.3 Å². The van der Waals surface area contributed by atoms with Gasteiger partial charge in [0.05, 0.1) is 10.4 Å². The number of carbonyl (C=O) groups excluding carboxylic acids is 2. The van der Waals surface area contributed by atoms with Gasteiger partial charge in [0.2, 0.25) is 5.91 Å². The second-order valence-electron chi connectivity index (χ2n) is 2.81. The monoisotopic (exact) mass is 291 g/mol. The Hall–Kier alpha value is -0.880. The van der Waals surface area contributed by atoms with E-state index in [0.717, 1.165) is 3.79 Å². The summed E-state index contributed by atoms with van der Waals surface area (Å²) in [7, 11) is 0. The minimum absolute atomic E-state index is 0.220. The van der Waals surface area contributed by atoms with Crippen LogP contribution in [0.1, 0.15) is 22.5 Å². The van der Waals surface area contributed by atoms with Crippen molar-refractivity contribution in [3.05, 3.63) is 20.8 Å². The molecule has 15 heavy (non-hydrogen) atoms. The molecular formula is C9H10BrNO3S. The highest BCUT2D eigenvalue weighted by Crippen LogP contribution is 2.22. The van der Waals surface area contributed by atoms with Crippen molar-refractivity contribution in [3.63, 3.8) is 0 Å². The molecule has 1 rings (SSSR count). The number of primary amides is 1. The Labute approximate surface area is 99.5 Å². The van der Waals surface area contributed by atoms with E-state index in [2.05, 4.69) is 15.9 Å². The molecule has 0 saturated carbocycles. The van der Waals surface area contributed by atoms with Gasteiger partial charge < -0.3 is 10.5 Å². The lowest BCUT2D eigenvalue weighted by Crippen LogP contribution is -2.12. The molecule has 1 heterocycles. The fourth-order valence-corrected chi connectivity index (χ4v) is 2.19. The molecule has 0 bridgehead atoms. The first kappa shape index (κ1) is 12.2. The third-order valence-electron chi connectivity index (χ3n) is 1.58. The van der Waals surface area contributed by atoms with E-state index in [-0.39, 0.29) is 24.9 Å². The van der Waals surface area contributed by atoms with E-state index in [1.54, 1.807) is 12.1 Å². The number of amides is 1. The lowest BCUT2D eigenvalue weighted by atomic mass is 10.3. The minimum Gasteiger partial charge on any atom is -0.461 e. The average molecular weight is 292 g/mol. The Morgan fingerprint density at radius 3 is 2.73 bits per heavy atom. The maximum atomic E-state index is 11.4. The molecule has 0 aliphatic heterocycles. The summed E-state index contributed by atoms with van der Waals surface area (Å²) in [6, 6.07) is 3.47. The molecule has 0 unspecified atom stereocenters. The van der Waals surface area contributed by atoms with Crippen LogP contribution < -0.4 is 5.73 Å². The van der Waals surface area contributed by atoms with Crippen molar-refractivity contribution in [2.24, 2.45) is 5.73 Å². The molecule has 6 heteroatoms. The fraction of sp³-hybridized carbons (Fsp3) is 0.333. The molecule has 0 saturated heterocycles. The van der Waals surface area contributed by atoms with Crippen LogP contribution in [-0.2, 0) is 9.53 Å². The number of ether oxygens (including phenoxy) is 1. The number of carbonyl (C=O) groups is 2. The molecule has 0 fully saturated rings. The van der Waals surface area contributed by atoms with Gasteiger partial charge in [-0.25, -0.2) is 4.79 Å². The van der Waals surface area contributed by atoms with Crippen LogP contribution in [0.2, 0.25) is 0 Å². The van der Waals surface area contributed by atoms with Crippen LogP contribution in [0.3, 0.4) is 0 Å². The summed E-state index contributed by atoms with van der Waals surface area (Å²) in [5.74, 6) is -0.750. The Bertz CT molecular complexity index is 364. The number of hydrogen-bond acceptors (Lipinski definition) is 4. The maximum absolute atomic E-state index is 11.4. The van der Waals surface area contributed by atoms with Crippen LogP contribution in [0.5, 0.6) is 0 Å². The molecule has 4 nitrogen and oxygen atoms in total. The molecule has 1 aromatic rings. The van der Waals surface area contributed by atoms with Gasteiger partial charge in [-0.1, -0.05) is 0 Å². The van der Waals surface area contributed by atoms with Crippen molar-refractivity contribution >= 4 is 39.1 Å². The summed E-state index contributed by atoms with van der Waals surface area (Å²) in [6.45, 7) is 0.220. The van der Waals surface area contributed by atoms with Crippen LogP contribution in [0, 0.1) is 0 Å². The molecule has 0 atom stereocenters. The number of nitrogens with two attached hydrogens (primary N) is 1. The minimum atomic E-state index is -0.384. The molecule has 0 aliphatic rings. The quantitative estimate of drug-likeness (QED) is 0.666. The van der Waals surface area contributed by atoms with E-state index < -0.39 is 0 Å². The zero-order chi connectivity index (χ0) is 11.3. The predicted octanol–water partition coefficient (Wildman–Crippen LogP) is 1.93. The molecule has 2 N–H and O–H groups in total. The van der Waals surface area contributed by atoms with Gasteiger partial charge in [-0.15, -0.1) is 11.3 Å². The molecule has 0 radical (unpaired) electrons. The van der Waals surface area contributed by atoms with Crippen LogP contribution in [-0.4, -0.2) is 18.5 Å². The summed E-state index contributed by atoms with van der Waals surface area (Å²) in [5.41, 5.74) is 4.94. The van der Waals surface area contributed by atoms with Crippen molar-refractivity contribution in [2.45, 2.75) is 12.8 Å². The normalized spacial score (nSPS) is 9.93. The van der Waals surface area contributed by atoms with Gasteiger partial charge in [0.15, 0.2) is 0 Å². The van der Waals surface area contributed by atoms with Crippen molar-refractivity contribution in [3.8, 4) is 0 Å². The highest BCUT2D eigenvalue weighted by molar-refractivity contribution is 9.11. The van der Waals surface area contributed by atoms with Gasteiger partial charge >= 0.3 is 5.97 Å². The zero-order valence-electron chi connectivity index (χ0n) is 7.86. The Kier molecular flexibility index (Phi) is 4.77. The third kappa shape index (κ3) is 4.44. The first-order valence-electron chi connectivity index (χ1n) is 4.30. The number of rotatable bonds is 5. The first-order valence-corrected chi connectivity index (χ1v) is 5.91. The summed E-state index contributed by atoms with van der Waals surface area (Å²) < 4.78 is 5.82. The van der Waals surface area contributed by atoms with Crippen LogP contribution in [0.25, 0.3) is 0 Å². The van der Waals surface area contributed by atoms with Crippen LogP contribution in [0.4, 0.5) is 0 Å². The average Bonchev–Trinajstić information content (AvgIpc) is 2.59. The second kappa shape index (κ2) is 5.87. The number of thiophene rings is 1. The number of halogens is 1. The van der Waals surface area contributed by atoms with E-state index >= 15 is 0 Å². The smallest absolute Gasteiger partial charge is 0.348 e. The van der Waals surface area contributed by atoms with E-state index in [9.17, 15) is 9.59 Å². The summed E-state index contributed by atoms with van der Waals surface area (Å²) in [5, 5.41) is 0. The van der Waals surface area contributed by atoms with Crippen molar-refractivity contribution in [1.29, 1.82) is 0 Å². The molecule has 82 valence electrons. The molecular weight excluding hydrogens is 282 g/mol.